The number of pyridine rings is 2. The van der Waals surface area contributed by atoms with Crippen LogP contribution in [0.3, 0.4) is 0 Å². The van der Waals surface area contributed by atoms with Gasteiger partial charge in [0.2, 0.25) is 0 Å². The number of nitrogens with two attached hydrogens (primary N) is 1. The van der Waals surface area contributed by atoms with Crippen LogP contribution in [0.25, 0.3) is 34.0 Å². The minimum absolute atomic E-state index is 0. The van der Waals surface area contributed by atoms with Crippen molar-refractivity contribution in [2.45, 2.75) is 66.9 Å². The third-order valence-corrected chi connectivity index (χ3v) is 18.3. The van der Waals surface area contributed by atoms with E-state index in [0.717, 1.165) is 101 Å². The number of rotatable bonds is 14. The number of sulfone groups is 1. The molecule has 10 atom stereocenters. The van der Waals surface area contributed by atoms with E-state index in [-0.39, 0.29) is 60.1 Å². The number of piperidine rings is 6. The molecule has 0 radical (unpaired) electrons. The molecule has 73 heavy (non-hydrogen) atoms. The summed E-state index contributed by atoms with van der Waals surface area (Å²) in [5.41, 5.74) is 12.5. The van der Waals surface area contributed by atoms with Crippen molar-refractivity contribution in [3.63, 3.8) is 0 Å². The minimum atomic E-state index is -3.59. The first-order valence-electron chi connectivity index (χ1n) is 24.1. The molecular formula is C58H69ClIN5O6S2. The summed E-state index contributed by atoms with van der Waals surface area (Å²) in [4.78, 5) is 14.5. The molecule has 6 aromatic rings. The fourth-order valence-electron chi connectivity index (χ4n) is 11.2. The van der Waals surface area contributed by atoms with Crippen LogP contribution in [0.4, 0.5) is 0 Å². The summed E-state index contributed by atoms with van der Waals surface area (Å²) in [5.74, 6) is 3.81. The first-order valence-corrected chi connectivity index (χ1v) is 28.1. The fraction of sp³-hybridized carbons (Fsp3) is 0.345. The molecule has 6 aliphatic rings. The summed E-state index contributed by atoms with van der Waals surface area (Å²) in [7, 11) is 1.31. The van der Waals surface area contributed by atoms with E-state index in [1.807, 2.05) is 54.7 Å². The van der Waals surface area contributed by atoms with Crippen LogP contribution in [0.5, 0.6) is 11.5 Å². The largest absolute Gasteiger partial charge is 0.497 e. The van der Waals surface area contributed by atoms with Crippen LogP contribution < -0.4 is 15.2 Å². The Labute approximate surface area is 454 Å². The zero-order valence-corrected chi connectivity index (χ0v) is 45.7. The maximum atomic E-state index is 13.7. The molecule has 6 aliphatic heterocycles. The monoisotopic (exact) mass is 1160 g/mol. The number of ether oxygens (including phenoxy) is 2. The Hall–Kier alpha value is -4.94. The van der Waals surface area contributed by atoms with Crippen LogP contribution >= 0.6 is 34.7 Å². The molecule has 11 nitrogen and oxygen atoms in total. The molecule has 6 saturated heterocycles. The molecule has 6 unspecified atom stereocenters. The second-order valence-corrected chi connectivity index (χ2v) is 23.6. The van der Waals surface area contributed by atoms with Gasteiger partial charge in [-0.15, -0.1) is 37.1 Å². The van der Waals surface area contributed by atoms with E-state index in [4.69, 9.17) is 25.9 Å². The van der Waals surface area contributed by atoms with Crippen molar-refractivity contribution in [3.05, 3.63) is 170 Å². The Balaban J connectivity index is 0.000000198. The van der Waals surface area contributed by atoms with Crippen molar-refractivity contribution >= 4 is 87.5 Å². The van der Waals surface area contributed by atoms with Gasteiger partial charge in [-0.1, -0.05) is 69.2 Å². The third kappa shape index (κ3) is 12.9. The number of methoxy groups -OCH3 is 2. The van der Waals surface area contributed by atoms with Crippen LogP contribution in [-0.2, 0) is 18.9 Å². The average molecular weight is 1160 g/mol. The maximum absolute atomic E-state index is 13.7. The van der Waals surface area contributed by atoms with Crippen molar-refractivity contribution in [2.24, 2.45) is 29.4 Å². The van der Waals surface area contributed by atoms with Crippen LogP contribution in [-0.4, -0.2) is 94.8 Å². The Morgan fingerprint density at radius 1 is 0.671 bits per heavy atom. The smallest absolute Gasteiger partial charge is 0.261 e. The molecule has 4 bridgehead atoms. The minimum Gasteiger partial charge on any atom is -0.497 e. The van der Waals surface area contributed by atoms with Gasteiger partial charge in [0.25, 0.3) is 9.05 Å². The van der Waals surface area contributed by atoms with Gasteiger partial charge < -0.3 is 15.2 Å². The molecule has 6 fully saturated rings. The highest BCUT2D eigenvalue weighted by molar-refractivity contribution is 14.0. The maximum Gasteiger partial charge on any atom is 0.261 e. The molecule has 8 heterocycles. The van der Waals surface area contributed by atoms with Crippen LogP contribution in [0.1, 0.15) is 67.3 Å². The Kier molecular flexibility index (Phi) is 19.7. The summed E-state index contributed by atoms with van der Waals surface area (Å²) in [6.45, 7) is 19.6. The number of nitrogens with zero attached hydrogens (tertiary/aromatic N) is 4. The predicted octanol–water partition coefficient (Wildman–Crippen LogP) is 12.0. The molecule has 0 aliphatic carbocycles. The van der Waals surface area contributed by atoms with Gasteiger partial charge in [-0.25, -0.2) is 16.8 Å². The third-order valence-electron chi connectivity index (χ3n) is 15.2. The SMILES string of the molecule is C.C=CC1CN2CCC1C[C@H]2[C@@H](N)c1ccnc2ccc(OC)cc12.C=Cc1ccc(S(=O)(=O)C[C@@H](c2ccnc3ccc(OC)cc23)[C@@H]2CC3CCN2CC3C=C)cc1.C=Cc1ccc(S(=O)(=O)Cl)cc1.I. The number of aromatic nitrogens is 2. The molecule has 2 aromatic heterocycles. The highest BCUT2D eigenvalue weighted by atomic mass is 127. The number of hydrogen-bond acceptors (Lipinski definition) is 11. The Morgan fingerprint density at radius 3 is 1.55 bits per heavy atom. The molecular weight excluding hydrogens is 1090 g/mol. The van der Waals surface area contributed by atoms with Gasteiger partial charge in [-0.05, 0) is 157 Å². The van der Waals surface area contributed by atoms with Crippen molar-refractivity contribution in [2.75, 3.05) is 46.2 Å². The second-order valence-electron chi connectivity index (χ2n) is 19.0. The number of halogens is 2. The quantitative estimate of drug-likeness (QED) is 0.0632. The molecule has 388 valence electrons. The molecule has 12 rings (SSSR count). The van der Waals surface area contributed by atoms with Crippen molar-refractivity contribution in [1.82, 2.24) is 19.8 Å². The first kappa shape index (κ1) is 57.3. The molecule has 0 saturated carbocycles. The lowest BCUT2D eigenvalue weighted by atomic mass is 9.71. The number of hydrogen-bond donors (Lipinski definition) is 1. The predicted molar refractivity (Wildman–Crippen MR) is 310 cm³/mol. The number of fused-ring (bicyclic) bond motifs is 8. The summed E-state index contributed by atoms with van der Waals surface area (Å²) in [6.07, 6.45) is 15.8. The van der Waals surface area contributed by atoms with Crippen molar-refractivity contribution in [1.29, 1.82) is 0 Å². The lowest BCUT2D eigenvalue weighted by Gasteiger charge is -2.51. The van der Waals surface area contributed by atoms with Gasteiger partial charge in [0.1, 0.15) is 11.5 Å². The molecule has 2 N–H and O–H groups in total. The second kappa shape index (κ2) is 25.1. The van der Waals surface area contributed by atoms with E-state index in [2.05, 4.69) is 70.4 Å². The number of benzene rings is 4. The van der Waals surface area contributed by atoms with Gasteiger partial charge in [-0.3, -0.25) is 19.8 Å². The molecule has 15 heteroatoms. The van der Waals surface area contributed by atoms with E-state index in [9.17, 15) is 16.8 Å². The Morgan fingerprint density at radius 2 is 1.12 bits per heavy atom. The lowest BCUT2D eigenvalue weighted by Crippen LogP contribution is -2.56. The van der Waals surface area contributed by atoms with Gasteiger partial charge in [0.05, 0.1) is 40.8 Å². The molecule has 0 spiro atoms. The van der Waals surface area contributed by atoms with Gasteiger partial charge in [0.15, 0.2) is 9.84 Å². The highest BCUT2D eigenvalue weighted by Crippen LogP contribution is 2.45. The van der Waals surface area contributed by atoms with Gasteiger partial charge >= 0.3 is 0 Å². The summed E-state index contributed by atoms with van der Waals surface area (Å²) >= 11 is 0. The van der Waals surface area contributed by atoms with Gasteiger partial charge in [0, 0.05) is 71.0 Å². The summed E-state index contributed by atoms with van der Waals surface area (Å²) in [5, 5.41) is 2.06. The summed E-state index contributed by atoms with van der Waals surface area (Å²) in [6, 6.07) is 29.6. The van der Waals surface area contributed by atoms with Crippen molar-refractivity contribution in [3.8, 4) is 11.5 Å². The average Bonchev–Trinajstić information content (AvgIpc) is 3.41. The van der Waals surface area contributed by atoms with E-state index < -0.39 is 18.9 Å². The van der Waals surface area contributed by atoms with E-state index in [1.165, 1.54) is 24.1 Å². The summed E-state index contributed by atoms with van der Waals surface area (Å²) < 4.78 is 59.9. The van der Waals surface area contributed by atoms with Crippen LogP contribution in [0, 0.1) is 23.7 Å². The topological polar surface area (TPSA) is 145 Å². The molecule has 0 amide bonds. The van der Waals surface area contributed by atoms with E-state index in [1.54, 1.807) is 56.8 Å². The van der Waals surface area contributed by atoms with Crippen LogP contribution in [0.15, 0.2) is 158 Å². The standard InChI is InChI=1S/C29H32N2O3S.C20H25N3O.C8H7ClO2S.CH4.HI/c1-4-20-6-9-24(10-7-20)35(32,33)19-27(29-16-22-13-15-31(29)18-21(22)5-2)25-12-14-30-28-11-8-23(34-3)17-26(25)28;1-3-13-12-23-9-7-14(13)10-19(23)20(21)16-6-8-22-18-5-4-15(24-2)11-17(16)18;1-2-7-3-5-8(6-4-7)12(9,10)11;;/h4-12,14,17,21-22,27,29H,1-2,13,15-16,18-19H2,3H3;3-6,8,11,13-14,19-20H,1,7,9-10,12,21H2,2H3;2-6H,1H2;1H4;1H/t21?,22?,27-,29-;13?,14?,19-,20-;;;/m00.../s1. The van der Waals surface area contributed by atoms with Crippen LogP contribution in [0.2, 0.25) is 0 Å². The molecule has 4 aromatic carbocycles. The van der Waals surface area contributed by atoms with E-state index in [0.29, 0.717) is 28.7 Å². The Bertz CT molecular complexity index is 3120. The van der Waals surface area contributed by atoms with Crippen molar-refractivity contribution < 1.29 is 26.3 Å². The zero-order valence-electron chi connectivity index (χ0n) is 40.9. The van der Waals surface area contributed by atoms with E-state index >= 15 is 0 Å². The fourth-order valence-corrected chi connectivity index (χ4v) is 13.6. The lowest BCUT2D eigenvalue weighted by molar-refractivity contribution is 0.00749. The van der Waals surface area contributed by atoms with Gasteiger partial charge in [-0.2, -0.15) is 0 Å². The first-order chi connectivity index (χ1) is 34.2. The highest BCUT2D eigenvalue weighted by Gasteiger charge is 2.45. The zero-order chi connectivity index (χ0) is 50.5. The normalized spacial score (nSPS) is 23.6.